The van der Waals surface area contributed by atoms with Crippen LogP contribution in [-0.2, 0) is 6.54 Å². The van der Waals surface area contributed by atoms with Gasteiger partial charge in [0.1, 0.15) is 17.6 Å². The number of phenolic OH excluding ortho intramolecular Hbond substituents is 1. The van der Waals surface area contributed by atoms with Crippen LogP contribution in [0, 0.1) is 6.92 Å². The van der Waals surface area contributed by atoms with Crippen LogP contribution in [0.25, 0.3) is 11.2 Å². The number of fused-ring (bicyclic) bond motifs is 2. The smallest absolute Gasteiger partial charge is 0.178 e. The van der Waals surface area contributed by atoms with Gasteiger partial charge in [0.05, 0.1) is 30.2 Å². The van der Waals surface area contributed by atoms with E-state index in [1.54, 1.807) is 35.2 Å². The van der Waals surface area contributed by atoms with Crippen molar-refractivity contribution in [1.82, 2.24) is 19.5 Å². The number of carbonyl (C=O) groups is 1. The highest BCUT2D eigenvalue weighted by Crippen LogP contribution is 2.39. The summed E-state index contributed by atoms with van der Waals surface area (Å²) in [4.78, 5) is 31.0. The van der Waals surface area contributed by atoms with Crippen molar-refractivity contribution in [2.75, 3.05) is 5.73 Å². The number of imidazole rings is 1. The van der Waals surface area contributed by atoms with E-state index in [4.69, 9.17) is 10.7 Å². The van der Waals surface area contributed by atoms with E-state index in [-0.39, 0.29) is 18.1 Å². The van der Waals surface area contributed by atoms with Gasteiger partial charge in [0.25, 0.3) is 0 Å². The first-order valence-electron chi connectivity index (χ1n) is 9.45. The van der Waals surface area contributed by atoms with E-state index in [0.717, 1.165) is 5.56 Å². The van der Waals surface area contributed by atoms with E-state index in [1.807, 2.05) is 25.1 Å². The summed E-state index contributed by atoms with van der Waals surface area (Å²) in [6, 6.07) is 12.5. The number of ketones is 1. The number of anilines is 1. The summed E-state index contributed by atoms with van der Waals surface area (Å²) in [6.45, 7) is 2.16. The molecule has 30 heavy (non-hydrogen) atoms. The maximum Gasteiger partial charge on any atom is 0.178 e. The number of phenols is 1. The lowest BCUT2D eigenvalue weighted by Gasteiger charge is -2.26. The van der Waals surface area contributed by atoms with E-state index < -0.39 is 5.92 Å². The number of hydrogen-bond acceptors (Lipinski definition) is 7. The largest absolute Gasteiger partial charge is 0.508 e. The zero-order valence-electron chi connectivity index (χ0n) is 16.1. The molecule has 3 heterocycles. The highest BCUT2D eigenvalue weighted by molar-refractivity contribution is 6.22. The molecule has 4 aromatic rings. The van der Waals surface area contributed by atoms with Crippen LogP contribution in [0.2, 0.25) is 0 Å². The summed E-state index contributed by atoms with van der Waals surface area (Å²) in [5.41, 5.74) is 10.1. The molecule has 0 bridgehead atoms. The highest BCUT2D eigenvalue weighted by atomic mass is 16.3. The lowest BCUT2D eigenvalue weighted by atomic mass is 9.82. The number of aliphatic imine (C=N–C) groups is 1. The molecule has 0 amide bonds. The number of nitrogens with two attached hydrogens (primary N) is 1. The van der Waals surface area contributed by atoms with Gasteiger partial charge in [-0.05, 0) is 24.6 Å². The maximum absolute atomic E-state index is 13.6. The molecule has 2 aromatic heterocycles. The first kappa shape index (κ1) is 18.0. The van der Waals surface area contributed by atoms with Gasteiger partial charge < -0.3 is 15.4 Å². The monoisotopic (exact) mass is 398 g/mol. The standard InChI is InChI=1S/C22H18N6O2/c1-12-5-4-7-14-17(12)20(30)18(13-6-2-3-8-16(13)29)15(27-14)9-28-11-26-19-21(23)24-10-25-22(19)28/h2-8,10-11,18,29H,9H2,1H3,(H2,23,24,25). The maximum atomic E-state index is 13.6. The Kier molecular flexibility index (Phi) is 4.06. The van der Waals surface area contributed by atoms with Crippen molar-refractivity contribution in [3.63, 3.8) is 0 Å². The molecule has 8 heteroatoms. The number of aromatic nitrogens is 4. The fourth-order valence-corrected chi connectivity index (χ4v) is 3.95. The molecule has 1 aliphatic heterocycles. The molecule has 5 rings (SSSR count). The third-order valence-corrected chi connectivity index (χ3v) is 5.37. The average Bonchev–Trinajstić information content (AvgIpc) is 3.13. The Hall–Kier alpha value is -4.07. The van der Waals surface area contributed by atoms with Crippen LogP contribution < -0.4 is 5.73 Å². The average molecular weight is 398 g/mol. The minimum atomic E-state index is -0.712. The van der Waals surface area contributed by atoms with Crippen LogP contribution in [0.4, 0.5) is 11.5 Å². The summed E-state index contributed by atoms with van der Waals surface area (Å²) in [5, 5.41) is 10.5. The fraction of sp³-hybridized carbons (Fsp3) is 0.136. The van der Waals surface area contributed by atoms with E-state index in [9.17, 15) is 9.90 Å². The number of hydrogen-bond donors (Lipinski definition) is 2. The number of aryl methyl sites for hydroxylation is 1. The molecule has 1 atom stereocenters. The summed E-state index contributed by atoms with van der Waals surface area (Å²) in [5.74, 6) is -0.453. The molecule has 1 unspecified atom stereocenters. The minimum Gasteiger partial charge on any atom is -0.508 e. The number of Topliss-reactive ketones (excluding diaryl/α,β-unsaturated/α-hetero) is 1. The Bertz CT molecular complexity index is 1340. The second-order valence-corrected chi connectivity index (χ2v) is 7.23. The Morgan fingerprint density at radius 3 is 2.77 bits per heavy atom. The number of nitrogen functional groups attached to an aromatic ring is 1. The van der Waals surface area contributed by atoms with Crippen molar-refractivity contribution in [3.05, 3.63) is 71.8 Å². The fourth-order valence-electron chi connectivity index (χ4n) is 3.95. The molecule has 1 aliphatic rings. The van der Waals surface area contributed by atoms with Crippen molar-refractivity contribution >= 4 is 34.2 Å². The van der Waals surface area contributed by atoms with Crippen LogP contribution in [0.15, 0.2) is 60.1 Å². The predicted octanol–water partition coefficient (Wildman–Crippen LogP) is 3.18. The summed E-state index contributed by atoms with van der Waals surface area (Å²) >= 11 is 0. The van der Waals surface area contributed by atoms with E-state index in [0.29, 0.717) is 39.5 Å². The van der Waals surface area contributed by atoms with Gasteiger partial charge in [0.2, 0.25) is 0 Å². The van der Waals surface area contributed by atoms with Gasteiger partial charge in [-0.15, -0.1) is 0 Å². The normalized spacial score (nSPS) is 15.8. The number of rotatable bonds is 3. The number of nitrogens with zero attached hydrogens (tertiary/aromatic N) is 5. The highest BCUT2D eigenvalue weighted by Gasteiger charge is 2.35. The molecule has 0 fully saturated rings. The molecule has 0 saturated carbocycles. The van der Waals surface area contributed by atoms with Crippen LogP contribution in [0.3, 0.4) is 0 Å². The van der Waals surface area contributed by atoms with Crippen molar-refractivity contribution < 1.29 is 9.90 Å². The summed E-state index contributed by atoms with van der Waals surface area (Å²) in [6.07, 6.45) is 2.99. The molecular weight excluding hydrogens is 380 g/mol. The molecule has 0 radical (unpaired) electrons. The third-order valence-electron chi connectivity index (χ3n) is 5.37. The molecule has 3 N–H and O–H groups in total. The topological polar surface area (TPSA) is 119 Å². The Labute approximate surface area is 171 Å². The first-order chi connectivity index (χ1) is 14.5. The molecular formula is C22H18N6O2. The molecule has 0 spiro atoms. The van der Waals surface area contributed by atoms with Crippen molar-refractivity contribution in [1.29, 1.82) is 0 Å². The van der Waals surface area contributed by atoms with Crippen LogP contribution in [-0.4, -0.2) is 36.1 Å². The molecule has 0 saturated heterocycles. The number of aromatic hydroxyl groups is 1. The predicted molar refractivity (Wildman–Crippen MR) is 113 cm³/mol. The van der Waals surface area contributed by atoms with Crippen LogP contribution in [0.5, 0.6) is 5.75 Å². The SMILES string of the molecule is Cc1cccc2c1C(=O)C(c1ccccc1O)C(Cn1cnc3c(N)ncnc31)=N2. The van der Waals surface area contributed by atoms with Crippen molar-refractivity contribution in [2.45, 2.75) is 19.4 Å². The summed E-state index contributed by atoms with van der Waals surface area (Å²) < 4.78 is 1.78. The van der Waals surface area contributed by atoms with E-state index >= 15 is 0 Å². The minimum absolute atomic E-state index is 0.0580. The lowest BCUT2D eigenvalue weighted by Crippen LogP contribution is -2.29. The van der Waals surface area contributed by atoms with Crippen molar-refractivity contribution in [2.24, 2.45) is 4.99 Å². The number of para-hydroxylation sites is 1. The zero-order valence-corrected chi connectivity index (χ0v) is 16.1. The lowest BCUT2D eigenvalue weighted by molar-refractivity contribution is 0.0979. The third kappa shape index (κ3) is 2.73. The second kappa shape index (κ2) is 6.77. The van der Waals surface area contributed by atoms with Gasteiger partial charge in [-0.3, -0.25) is 9.79 Å². The van der Waals surface area contributed by atoms with Gasteiger partial charge in [0, 0.05) is 11.1 Å². The second-order valence-electron chi connectivity index (χ2n) is 7.23. The van der Waals surface area contributed by atoms with Gasteiger partial charge in [-0.25, -0.2) is 15.0 Å². The van der Waals surface area contributed by atoms with Gasteiger partial charge in [0.15, 0.2) is 17.2 Å². The molecule has 148 valence electrons. The quantitative estimate of drug-likeness (QED) is 0.547. The Morgan fingerprint density at radius 2 is 1.93 bits per heavy atom. The van der Waals surface area contributed by atoms with E-state index in [1.165, 1.54) is 6.33 Å². The number of benzene rings is 2. The number of carbonyl (C=O) groups excluding carboxylic acids is 1. The molecule has 8 nitrogen and oxygen atoms in total. The van der Waals surface area contributed by atoms with Gasteiger partial charge >= 0.3 is 0 Å². The Morgan fingerprint density at radius 1 is 1.10 bits per heavy atom. The molecule has 0 aliphatic carbocycles. The van der Waals surface area contributed by atoms with E-state index in [2.05, 4.69) is 15.0 Å². The van der Waals surface area contributed by atoms with Crippen LogP contribution in [0.1, 0.15) is 27.4 Å². The van der Waals surface area contributed by atoms with Crippen LogP contribution >= 0.6 is 0 Å². The first-order valence-corrected chi connectivity index (χ1v) is 9.45. The molecule has 2 aromatic carbocycles. The summed E-state index contributed by atoms with van der Waals surface area (Å²) in [7, 11) is 0. The van der Waals surface area contributed by atoms with Gasteiger partial charge in [-0.2, -0.15) is 0 Å². The van der Waals surface area contributed by atoms with Crippen molar-refractivity contribution in [3.8, 4) is 5.75 Å². The Balaban J connectivity index is 1.69. The zero-order chi connectivity index (χ0) is 20.8. The van der Waals surface area contributed by atoms with Gasteiger partial charge in [-0.1, -0.05) is 30.3 Å².